The minimum atomic E-state index is 1.28. The highest BCUT2D eigenvalue weighted by molar-refractivity contribution is 14.1. The average Bonchev–Trinajstić information content (AvgIpc) is 2.72. The van der Waals surface area contributed by atoms with Crippen LogP contribution in [0, 0.1) is 17.4 Å². The van der Waals surface area contributed by atoms with E-state index in [4.69, 9.17) is 0 Å². The zero-order valence-electron chi connectivity index (χ0n) is 11.5. The standard InChI is InChI=1S/C18H15IS/c1-12-17(20-13(2)18(12)19)11-10-15-8-5-7-14-6-3-4-9-16(14)15/h3-11H,1-2H3. The molecule has 3 aromatic rings. The third-order valence-electron chi connectivity index (χ3n) is 3.51. The summed E-state index contributed by atoms with van der Waals surface area (Å²) in [6.07, 6.45) is 4.48. The smallest absolute Gasteiger partial charge is 0.0313 e. The third kappa shape index (κ3) is 2.54. The molecule has 2 aromatic carbocycles. The molecule has 2 heteroatoms. The average molecular weight is 390 g/mol. The van der Waals surface area contributed by atoms with E-state index in [1.165, 1.54) is 35.2 Å². The highest BCUT2D eigenvalue weighted by Gasteiger charge is 2.07. The Morgan fingerprint density at radius 3 is 2.45 bits per heavy atom. The van der Waals surface area contributed by atoms with Gasteiger partial charge < -0.3 is 0 Å². The Morgan fingerprint density at radius 2 is 1.70 bits per heavy atom. The first-order valence-electron chi connectivity index (χ1n) is 6.58. The number of fused-ring (bicyclic) bond motifs is 1. The molecule has 0 nitrogen and oxygen atoms in total. The van der Waals surface area contributed by atoms with Crippen LogP contribution in [0.25, 0.3) is 22.9 Å². The fourth-order valence-electron chi connectivity index (χ4n) is 2.38. The van der Waals surface area contributed by atoms with E-state index in [0.717, 1.165) is 0 Å². The molecule has 20 heavy (non-hydrogen) atoms. The number of aryl methyl sites for hydroxylation is 1. The van der Waals surface area contributed by atoms with Gasteiger partial charge in [0.1, 0.15) is 0 Å². The summed E-state index contributed by atoms with van der Waals surface area (Å²) in [5.41, 5.74) is 2.67. The highest BCUT2D eigenvalue weighted by atomic mass is 127. The van der Waals surface area contributed by atoms with Crippen LogP contribution >= 0.6 is 33.9 Å². The molecule has 3 rings (SSSR count). The van der Waals surface area contributed by atoms with E-state index in [0.29, 0.717) is 0 Å². The summed E-state index contributed by atoms with van der Waals surface area (Å²) in [5.74, 6) is 0. The summed E-state index contributed by atoms with van der Waals surface area (Å²) in [4.78, 5) is 2.76. The van der Waals surface area contributed by atoms with Gasteiger partial charge in [0.15, 0.2) is 0 Å². The molecule has 0 fully saturated rings. The molecule has 1 aromatic heterocycles. The summed E-state index contributed by atoms with van der Waals surface area (Å²) in [5, 5.41) is 2.61. The van der Waals surface area contributed by atoms with Crippen molar-refractivity contribution >= 4 is 56.9 Å². The van der Waals surface area contributed by atoms with Crippen LogP contribution in [0.3, 0.4) is 0 Å². The molecule has 0 N–H and O–H groups in total. The second kappa shape index (κ2) is 5.70. The van der Waals surface area contributed by atoms with E-state index in [1.807, 2.05) is 11.3 Å². The Kier molecular flexibility index (Phi) is 3.94. The predicted molar refractivity (Wildman–Crippen MR) is 99.4 cm³/mol. The minimum Gasteiger partial charge on any atom is -0.140 e. The van der Waals surface area contributed by atoms with Gasteiger partial charge in [0.25, 0.3) is 0 Å². The van der Waals surface area contributed by atoms with Gasteiger partial charge in [-0.1, -0.05) is 48.5 Å². The van der Waals surface area contributed by atoms with Crippen LogP contribution < -0.4 is 0 Å². The topological polar surface area (TPSA) is 0 Å². The molecular formula is C18H15IS. The molecule has 0 saturated carbocycles. The zero-order chi connectivity index (χ0) is 14.1. The maximum Gasteiger partial charge on any atom is 0.0313 e. The van der Waals surface area contributed by atoms with Crippen LogP contribution in [0.2, 0.25) is 0 Å². The molecule has 0 spiro atoms. The van der Waals surface area contributed by atoms with Crippen molar-refractivity contribution in [3.63, 3.8) is 0 Å². The van der Waals surface area contributed by atoms with Crippen molar-refractivity contribution in [1.29, 1.82) is 0 Å². The number of hydrogen-bond acceptors (Lipinski definition) is 1. The van der Waals surface area contributed by atoms with Crippen LogP contribution in [0.5, 0.6) is 0 Å². The van der Waals surface area contributed by atoms with Crippen molar-refractivity contribution in [2.75, 3.05) is 0 Å². The van der Waals surface area contributed by atoms with E-state index >= 15 is 0 Å². The number of rotatable bonds is 2. The van der Waals surface area contributed by atoms with Crippen molar-refractivity contribution < 1.29 is 0 Å². The second-order valence-electron chi connectivity index (χ2n) is 4.86. The van der Waals surface area contributed by atoms with Gasteiger partial charge in [-0.15, -0.1) is 11.3 Å². The summed E-state index contributed by atoms with van der Waals surface area (Å²) in [7, 11) is 0. The summed E-state index contributed by atoms with van der Waals surface area (Å²) < 4.78 is 1.39. The van der Waals surface area contributed by atoms with Gasteiger partial charge in [0, 0.05) is 13.3 Å². The maximum atomic E-state index is 2.43. The lowest BCUT2D eigenvalue weighted by Gasteiger charge is -2.01. The fourth-order valence-corrected chi connectivity index (χ4v) is 4.15. The van der Waals surface area contributed by atoms with E-state index < -0.39 is 0 Å². The first-order chi connectivity index (χ1) is 9.66. The minimum absolute atomic E-state index is 1.28. The van der Waals surface area contributed by atoms with Gasteiger partial charge in [0.05, 0.1) is 0 Å². The lowest BCUT2D eigenvalue weighted by molar-refractivity contribution is 1.44. The van der Waals surface area contributed by atoms with Crippen LogP contribution in [-0.2, 0) is 0 Å². The Labute approximate surface area is 137 Å². The first kappa shape index (κ1) is 13.8. The molecule has 0 radical (unpaired) electrons. The van der Waals surface area contributed by atoms with Crippen molar-refractivity contribution in [2.24, 2.45) is 0 Å². The molecule has 0 amide bonds. The second-order valence-corrected chi connectivity index (χ2v) is 7.20. The van der Waals surface area contributed by atoms with E-state index in [2.05, 4.69) is 91.1 Å². The molecule has 0 atom stereocenters. The van der Waals surface area contributed by atoms with Crippen LogP contribution in [0.15, 0.2) is 42.5 Å². The molecule has 0 aliphatic carbocycles. The number of thiophene rings is 1. The Balaban J connectivity index is 2.05. The van der Waals surface area contributed by atoms with Gasteiger partial charge in [-0.05, 0) is 64.4 Å². The summed E-state index contributed by atoms with van der Waals surface area (Å²) in [6.45, 7) is 4.39. The van der Waals surface area contributed by atoms with Gasteiger partial charge in [-0.25, -0.2) is 0 Å². The van der Waals surface area contributed by atoms with Crippen LogP contribution in [0.1, 0.15) is 20.9 Å². The molecule has 0 bridgehead atoms. The molecule has 0 unspecified atom stereocenters. The van der Waals surface area contributed by atoms with E-state index in [9.17, 15) is 0 Å². The number of halogens is 1. The Morgan fingerprint density at radius 1 is 0.950 bits per heavy atom. The first-order valence-corrected chi connectivity index (χ1v) is 8.47. The largest absolute Gasteiger partial charge is 0.140 e. The van der Waals surface area contributed by atoms with Crippen molar-refractivity contribution in [3.05, 3.63) is 66.9 Å². The third-order valence-corrected chi connectivity index (χ3v) is 6.67. The van der Waals surface area contributed by atoms with Crippen LogP contribution in [-0.4, -0.2) is 0 Å². The summed E-state index contributed by atoms with van der Waals surface area (Å²) >= 11 is 4.31. The SMILES string of the molecule is Cc1sc(C=Cc2cccc3ccccc23)c(C)c1I. The van der Waals surface area contributed by atoms with E-state index in [-0.39, 0.29) is 0 Å². The van der Waals surface area contributed by atoms with Crippen molar-refractivity contribution in [3.8, 4) is 0 Å². The zero-order valence-corrected chi connectivity index (χ0v) is 14.5. The monoisotopic (exact) mass is 390 g/mol. The maximum absolute atomic E-state index is 2.43. The van der Waals surface area contributed by atoms with Gasteiger partial charge in [-0.3, -0.25) is 0 Å². The predicted octanol–water partition coefficient (Wildman–Crippen LogP) is 6.29. The van der Waals surface area contributed by atoms with Crippen LogP contribution in [0.4, 0.5) is 0 Å². The Bertz CT molecular complexity index is 791. The van der Waals surface area contributed by atoms with Crippen molar-refractivity contribution in [1.82, 2.24) is 0 Å². The fraction of sp³-hybridized carbons (Fsp3) is 0.111. The Hall–Kier alpha value is -1.13. The lowest BCUT2D eigenvalue weighted by Crippen LogP contribution is -1.78. The molecule has 0 saturated heterocycles. The van der Waals surface area contributed by atoms with Gasteiger partial charge in [-0.2, -0.15) is 0 Å². The molecule has 1 heterocycles. The molecule has 0 aliphatic heterocycles. The number of benzene rings is 2. The lowest BCUT2D eigenvalue weighted by atomic mass is 10.0. The number of hydrogen-bond donors (Lipinski definition) is 0. The molecule has 0 aliphatic rings. The van der Waals surface area contributed by atoms with Crippen molar-refractivity contribution in [2.45, 2.75) is 13.8 Å². The molecular weight excluding hydrogens is 375 g/mol. The highest BCUT2D eigenvalue weighted by Crippen LogP contribution is 2.30. The summed E-state index contributed by atoms with van der Waals surface area (Å²) in [6, 6.07) is 15.0. The molecule has 100 valence electrons. The normalized spacial score (nSPS) is 11.6. The van der Waals surface area contributed by atoms with E-state index in [1.54, 1.807) is 0 Å². The van der Waals surface area contributed by atoms with Gasteiger partial charge >= 0.3 is 0 Å². The quantitative estimate of drug-likeness (QED) is 0.451. The van der Waals surface area contributed by atoms with Gasteiger partial charge in [0.2, 0.25) is 0 Å².